The van der Waals surface area contributed by atoms with Crippen LogP contribution in [0.5, 0.6) is 0 Å². The van der Waals surface area contributed by atoms with Crippen molar-refractivity contribution in [1.82, 2.24) is 10.2 Å². The quantitative estimate of drug-likeness (QED) is 0.727. The Hall–Kier alpha value is -0.0800. The zero-order valence-corrected chi connectivity index (χ0v) is 9.68. The lowest BCUT2D eigenvalue weighted by Gasteiger charge is -2.43. The molecule has 0 saturated carbocycles. The van der Waals surface area contributed by atoms with Crippen molar-refractivity contribution in [2.75, 3.05) is 19.6 Å². The van der Waals surface area contributed by atoms with Crippen LogP contribution in [0.2, 0.25) is 0 Å². The third kappa shape index (κ3) is 2.29. The SMILES string of the molecule is CC1(C)CCCCN1CC1CCCN1. The van der Waals surface area contributed by atoms with Crippen molar-refractivity contribution in [2.24, 2.45) is 0 Å². The Morgan fingerprint density at radius 2 is 2.14 bits per heavy atom. The molecule has 1 unspecified atom stereocenters. The van der Waals surface area contributed by atoms with Gasteiger partial charge < -0.3 is 5.32 Å². The van der Waals surface area contributed by atoms with Crippen molar-refractivity contribution in [2.45, 2.75) is 57.5 Å². The molecule has 2 heterocycles. The summed E-state index contributed by atoms with van der Waals surface area (Å²) < 4.78 is 0. The molecule has 0 aromatic rings. The largest absolute Gasteiger partial charge is 0.313 e. The topological polar surface area (TPSA) is 15.3 Å². The number of piperidine rings is 1. The van der Waals surface area contributed by atoms with Gasteiger partial charge in [-0.25, -0.2) is 0 Å². The van der Waals surface area contributed by atoms with Crippen LogP contribution >= 0.6 is 0 Å². The molecular formula is C12H24N2. The predicted molar refractivity (Wildman–Crippen MR) is 60.5 cm³/mol. The summed E-state index contributed by atoms with van der Waals surface area (Å²) in [5.74, 6) is 0. The highest BCUT2D eigenvalue weighted by molar-refractivity contribution is 4.89. The summed E-state index contributed by atoms with van der Waals surface area (Å²) in [5, 5.41) is 3.60. The molecule has 2 heteroatoms. The smallest absolute Gasteiger partial charge is 0.0195 e. The van der Waals surface area contributed by atoms with Gasteiger partial charge in [-0.3, -0.25) is 4.90 Å². The Bertz CT molecular complexity index is 183. The number of hydrogen-bond donors (Lipinski definition) is 1. The van der Waals surface area contributed by atoms with Crippen molar-refractivity contribution >= 4 is 0 Å². The summed E-state index contributed by atoms with van der Waals surface area (Å²) >= 11 is 0. The third-order valence-corrected chi connectivity index (χ3v) is 3.93. The zero-order chi connectivity index (χ0) is 10.0. The Kier molecular flexibility index (Phi) is 3.13. The van der Waals surface area contributed by atoms with Gasteiger partial charge in [0.2, 0.25) is 0 Å². The lowest BCUT2D eigenvalue weighted by atomic mass is 9.90. The summed E-state index contributed by atoms with van der Waals surface area (Å²) in [4.78, 5) is 2.69. The minimum Gasteiger partial charge on any atom is -0.313 e. The monoisotopic (exact) mass is 196 g/mol. The van der Waals surface area contributed by atoms with E-state index in [9.17, 15) is 0 Å². The van der Waals surface area contributed by atoms with Gasteiger partial charge in [0.05, 0.1) is 0 Å². The lowest BCUT2D eigenvalue weighted by Crippen LogP contribution is -2.51. The van der Waals surface area contributed by atoms with Gasteiger partial charge in [0.15, 0.2) is 0 Å². The van der Waals surface area contributed by atoms with Crippen LogP contribution in [0.15, 0.2) is 0 Å². The number of likely N-dealkylation sites (tertiary alicyclic amines) is 1. The van der Waals surface area contributed by atoms with Crippen molar-refractivity contribution in [3.63, 3.8) is 0 Å². The van der Waals surface area contributed by atoms with Crippen LogP contribution in [0, 0.1) is 0 Å². The molecule has 0 aromatic carbocycles. The first-order valence-corrected chi connectivity index (χ1v) is 6.17. The molecule has 0 bridgehead atoms. The summed E-state index contributed by atoms with van der Waals surface area (Å²) in [5.41, 5.74) is 0.447. The van der Waals surface area contributed by atoms with Crippen molar-refractivity contribution < 1.29 is 0 Å². The van der Waals surface area contributed by atoms with E-state index >= 15 is 0 Å². The fraction of sp³-hybridized carbons (Fsp3) is 1.00. The minimum atomic E-state index is 0.447. The maximum Gasteiger partial charge on any atom is 0.0195 e. The van der Waals surface area contributed by atoms with Crippen LogP contribution in [-0.2, 0) is 0 Å². The van der Waals surface area contributed by atoms with Crippen LogP contribution in [0.4, 0.5) is 0 Å². The second kappa shape index (κ2) is 4.19. The molecule has 2 fully saturated rings. The molecule has 2 rings (SSSR count). The van der Waals surface area contributed by atoms with E-state index in [1.165, 1.54) is 51.7 Å². The van der Waals surface area contributed by atoms with Gasteiger partial charge in [-0.2, -0.15) is 0 Å². The standard InChI is InChI=1S/C12H24N2/c1-12(2)7-3-4-9-14(12)10-11-6-5-8-13-11/h11,13H,3-10H2,1-2H3. The normalized spacial score (nSPS) is 33.4. The minimum absolute atomic E-state index is 0.447. The highest BCUT2D eigenvalue weighted by atomic mass is 15.2. The fourth-order valence-electron chi connectivity index (χ4n) is 2.84. The van der Waals surface area contributed by atoms with Crippen LogP contribution in [0.25, 0.3) is 0 Å². The number of nitrogens with zero attached hydrogens (tertiary/aromatic N) is 1. The molecule has 1 atom stereocenters. The van der Waals surface area contributed by atoms with Crippen LogP contribution < -0.4 is 5.32 Å². The summed E-state index contributed by atoms with van der Waals surface area (Å²) in [6, 6.07) is 0.771. The van der Waals surface area contributed by atoms with E-state index in [-0.39, 0.29) is 0 Å². The predicted octanol–water partition coefficient (Wildman–Crippen LogP) is 2.00. The van der Waals surface area contributed by atoms with E-state index in [2.05, 4.69) is 24.1 Å². The first-order valence-electron chi connectivity index (χ1n) is 6.17. The van der Waals surface area contributed by atoms with E-state index in [4.69, 9.17) is 0 Å². The number of hydrogen-bond acceptors (Lipinski definition) is 2. The van der Waals surface area contributed by atoms with Crippen molar-refractivity contribution in [3.05, 3.63) is 0 Å². The van der Waals surface area contributed by atoms with Gasteiger partial charge >= 0.3 is 0 Å². The average Bonchev–Trinajstić information content (AvgIpc) is 2.61. The summed E-state index contributed by atoms with van der Waals surface area (Å²) in [6.07, 6.45) is 6.95. The number of rotatable bonds is 2. The van der Waals surface area contributed by atoms with Crippen LogP contribution in [-0.4, -0.2) is 36.1 Å². The molecule has 2 saturated heterocycles. The Morgan fingerprint density at radius 1 is 1.29 bits per heavy atom. The second-order valence-corrected chi connectivity index (χ2v) is 5.51. The van der Waals surface area contributed by atoms with Gasteiger partial charge in [-0.05, 0) is 52.6 Å². The summed E-state index contributed by atoms with van der Waals surface area (Å²) in [7, 11) is 0. The molecular weight excluding hydrogens is 172 g/mol. The molecule has 2 aliphatic heterocycles. The van der Waals surface area contributed by atoms with Crippen molar-refractivity contribution in [1.29, 1.82) is 0 Å². The zero-order valence-electron chi connectivity index (χ0n) is 9.68. The Labute approximate surface area is 88.1 Å². The van der Waals surface area contributed by atoms with Gasteiger partial charge in [-0.1, -0.05) is 6.42 Å². The first kappa shape index (κ1) is 10.4. The molecule has 2 aliphatic rings. The van der Waals surface area contributed by atoms with Crippen molar-refractivity contribution in [3.8, 4) is 0 Å². The maximum atomic E-state index is 3.60. The Morgan fingerprint density at radius 3 is 2.79 bits per heavy atom. The molecule has 0 radical (unpaired) electrons. The first-order chi connectivity index (χ1) is 6.68. The average molecular weight is 196 g/mol. The number of nitrogens with one attached hydrogen (secondary N) is 1. The van der Waals surface area contributed by atoms with Gasteiger partial charge in [-0.15, -0.1) is 0 Å². The summed E-state index contributed by atoms with van der Waals surface area (Å²) in [6.45, 7) is 8.62. The van der Waals surface area contributed by atoms with E-state index < -0.39 is 0 Å². The molecule has 0 aliphatic carbocycles. The molecule has 0 amide bonds. The van der Waals surface area contributed by atoms with E-state index in [1.807, 2.05) is 0 Å². The van der Waals surface area contributed by atoms with E-state index in [0.717, 1.165) is 6.04 Å². The van der Waals surface area contributed by atoms with Gasteiger partial charge in [0.1, 0.15) is 0 Å². The molecule has 14 heavy (non-hydrogen) atoms. The van der Waals surface area contributed by atoms with Gasteiger partial charge in [0, 0.05) is 18.1 Å². The highest BCUT2D eigenvalue weighted by Gasteiger charge is 2.31. The lowest BCUT2D eigenvalue weighted by molar-refractivity contribution is 0.0686. The van der Waals surface area contributed by atoms with Crippen LogP contribution in [0.1, 0.15) is 46.0 Å². The van der Waals surface area contributed by atoms with E-state index in [0.29, 0.717) is 5.54 Å². The van der Waals surface area contributed by atoms with E-state index in [1.54, 1.807) is 0 Å². The maximum absolute atomic E-state index is 3.60. The molecule has 1 N–H and O–H groups in total. The molecule has 0 aromatic heterocycles. The second-order valence-electron chi connectivity index (χ2n) is 5.51. The highest BCUT2D eigenvalue weighted by Crippen LogP contribution is 2.27. The Balaban J connectivity index is 1.88. The van der Waals surface area contributed by atoms with Gasteiger partial charge in [0.25, 0.3) is 0 Å². The molecule has 2 nitrogen and oxygen atoms in total. The molecule has 0 spiro atoms. The fourth-order valence-corrected chi connectivity index (χ4v) is 2.84. The van der Waals surface area contributed by atoms with Crippen LogP contribution in [0.3, 0.4) is 0 Å². The molecule has 82 valence electrons. The third-order valence-electron chi connectivity index (χ3n) is 3.93.